The van der Waals surface area contributed by atoms with Crippen molar-refractivity contribution in [2.45, 2.75) is 19.8 Å². The van der Waals surface area contributed by atoms with Crippen LogP contribution in [0.4, 0.5) is 0 Å². The highest BCUT2D eigenvalue weighted by atomic mass is 14.3. The maximum Gasteiger partial charge on any atom is -0.0178 e. The van der Waals surface area contributed by atoms with E-state index >= 15 is 0 Å². The van der Waals surface area contributed by atoms with Crippen LogP contribution in [0.3, 0.4) is 0 Å². The van der Waals surface area contributed by atoms with Gasteiger partial charge >= 0.3 is 0 Å². The summed E-state index contributed by atoms with van der Waals surface area (Å²) in [5.74, 6) is 0.669. The molecule has 0 N–H and O–H groups in total. The zero-order valence-corrected chi connectivity index (χ0v) is 10.8. The summed E-state index contributed by atoms with van der Waals surface area (Å²) in [7, 11) is 0. The maximum atomic E-state index is 2.35. The number of hydrogen-bond donors (Lipinski definition) is 0. The number of hydrogen-bond acceptors (Lipinski definition) is 0. The summed E-state index contributed by atoms with van der Waals surface area (Å²) >= 11 is 0. The third kappa shape index (κ3) is 1.99. The Balaban J connectivity index is 2.13. The molecule has 0 amide bonds. The largest absolute Gasteiger partial charge is 0.0622 e. The summed E-state index contributed by atoms with van der Waals surface area (Å²) < 4.78 is 0. The lowest BCUT2D eigenvalue weighted by atomic mass is 9.93. The van der Waals surface area contributed by atoms with Gasteiger partial charge in [0.05, 0.1) is 0 Å². The molecule has 0 aromatic heterocycles. The number of allylic oxidation sites excluding steroid dienone is 2. The highest BCUT2D eigenvalue weighted by Crippen LogP contribution is 2.43. The predicted molar refractivity (Wildman–Crippen MR) is 78.1 cm³/mol. The molecule has 0 heteroatoms. The van der Waals surface area contributed by atoms with Crippen LogP contribution in [-0.2, 0) is 0 Å². The van der Waals surface area contributed by atoms with E-state index in [1.54, 1.807) is 5.57 Å². The number of benzene rings is 2. The molecule has 0 heterocycles. The van der Waals surface area contributed by atoms with E-state index in [0.717, 1.165) is 0 Å². The van der Waals surface area contributed by atoms with Gasteiger partial charge in [0.1, 0.15) is 0 Å². The Morgan fingerprint density at radius 3 is 1.94 bits per heavy atom. The fourth-order valence-corrected chi connectivity index (χ4v) is 2.95. The SMILES string of the molecule is CC1CCC(c2ccccc2)=C1c1ccccc1. The van der Waals surface area contributed by atoms with Crippen molar-refractivity contribution in [1.82, 2.24) is 0 Å². The zero-order valence-electron chi connectivity index (χ0n) is 10.8. The van der Waals surface area contributed by atoms with E-state index in [1.165, 1.54) is 29.5 Å². The van der Waals surface area contributed by atoms with Crippen molar-refractivity contribution < 1.29 is 0 Å². The Hall–Kier alpha value is -1.82. The maximum absolute atomic E-state index is 2.35. The van der Waals surface area contributed by atoms with Gasteiger partial charge in [0.15, 0.2) is 0 Å². The van der Waals surface area contributed by atoms with E-state index in [2.05, 4.69) is 67.6 Å². The normalized spacial score (nSPS) is 19.3. The van der Waals surface area contributed by atoms with Crippen LogP contribution in [-0.4, -0.2) is 0 Å². The van der Waals surface area contributed by atoms with Crippen LogP contribution in [0.1, 0.15) is 30.9 Å². The molecule has 0 aliphatic heterocycles. The Bertz CT molecular complexity index is 549. The second-order valence-electron chi connectivity index (χ2n) is 5.06. The van der Waals surface area contributed by atoms with Gasteiger partial charge in [-0.2, -0.15) is 0 Å². The van der Waals surface area contributed by atoms with Gasteiger partial charge in [-0.05, 0) is 41.0 Å². The van der Waals surface area contributed by atoms with Crippen molar-refractivity contribution in [3.63, 3.8) is 0 Å². The molecule has 90 valence electrons. The van der Waals surface area contributed by atoms with Crippen LogP contribution in [0.2, 0.25) is 0 Å². The van der Waals surface area contributed by atoms with E-state index in [4.69, 9.17) is 0 Å². The van der Waals surface area contributed by atoms with Gasteiger partial charge in [0.2, 0.25) is 0 Å². The van der Waals surface area contributed by atoms with E-state index < -0.39 is 0 Å². The first-order chi connectivity index (χ1) is 8.86. The van der Waals surface area contributed by atoms with Crippen LogP contribution in [0.5, 0.6) is 0 Å². The summed E-state index contributed by atoms with van der Waals surface area (Å²) in [6, 6.07) is 21.6. The average Bonchev–Trinajstić information content (AvgIpc) is 2.83. The second kappa shape index (κ2) is 4.81. The minimum atomic E-state index is 0.669. The average molecular weight is 234 g/mol. The van der Waals surface area contributed by atoms with Crippen molar-refractivity contribution in [3.8, 4) is 0 Å². The van der Waals surface area contributed by atoms with Crippen molar-refractivity contribution in [3.05, 3.63) is 71.8 Å². The molecule has 0 bridgehead atoms. The molecule has 1 aliphatic carbocycles. The third-order valence-corrected chi connectivity index (χ3v) is 3.85. The van der Waals surface area contributed by atoms with E-state index in [-0.39, 0.29) is 0 Å². The summed E-state index contributed by atoms with van der Waals surface area (Å²) in [6.07, 6.45) is 2.48. The van der Waals surface area contributed by atoms with Gasteiger partial charge < -0.3 is 0 Å². The Morgan fingerprint density at radius 1 is 0.778 bits per heavy atom. The van der Waals surface area contributed by atoms with Crippen LogP contribution < -0.4 is 0 Å². The predicted octanol–water partition coefficient (Wildman–Crippen LogP) is 5.03. The molecule has 0 fully saturated rings. The van der Waals surface area contributed by atoms with Gasteiger partial charge in [-0.25, -0.2) is 0 Å². The lowest BCUT2D eigenvalue weighted by Gasteiger charge is -2.12. The molecule has 0 spiro atoms. The lowest BCUT2D eigenvalue weighted by Crippen LogP contribution is -1.93. The summed E-state index contributed by atoms with van der Waals surface area (Å²) in [5.41, 5.74) is 5.86. The minimum absolute atomic E-state index is 0.669. The molecule has 0 saturated heterocycles. The highest BCUT2D eigenvalue weighted by Gasteiger charge is 2.23. The van der Waals surface area contributed by atoms with Gasteiger partial charge in [0, 0.05) is 0 Å². The quantitative estimate of drug-likeness (QED) is 0.684. The summed E-state index contributed by atoms with van der Waals surface area (Å²) in [4.78, 5) is 0. The number of rotatable bonds is 2. The molecule has 1 atom stereocenters. The van der Waals surface area contributed by atoms with Crippen LogP contribution in [0.25, 0.3) is 11.1 Å². The van der Waals surface area contributed by atoms with Crippen LogP contribution in [0, 0.1) is 5.92 Å². The van der Waals surface area contributed by atoms with E-state index in [9.17, 15) is 0 Å². The molecule has 18 heavy (non-hydrogen) atoms. The fourth-order valence-electron chi connectivity index (χ4n) is 2.95. The Labute approximate surface area is 109 Å². The van der Waals surface area contributed by atoms with Crippen molar-refractivity contribution in [2.24, 2.45) is 5.92 Å². The molecule has 2 aromatic carbocycles. The molecule has 2 aromatic rings. The van der Waals surface area contributed by atoms with E-state index in [0.29, 0.717) is 5.92 Å². The van der Waals surface area contributed by atoms with Crippen molar-refractivity contribution >= 4 is 11.1 Å². The van der Waals surface area contributed by atoms with Crippen LogP contribution >= 0.6 is 0 Å². The minimum Gasteiger partial charge on any atom is -0.0622 e. The molecule has 1 unspecified atom stereocenters. The lowest BCUT2D eigenvalue weighted by molar-refractivity contribution is 0.717. The molecule has 0 saturated carbocycles. The van der Waals surface area contributed by atoms with Crippen LogP contribution in [0.15, 0.2) is 60.7 Å². The summed E-state index contributed by atoms with van der Waals surface area (Å²) in [5, 5.41) is 0. The van der Waals surface area contributed by atoms with Gasteiger partial charge in [0.25, 0.3) is 0 Å². The molecule has 3 rings (SSSR count). The third-order valence-electron chi connectivity index (χ3n) is 3.85. The Morgan fingerprint density at radius 2 is 1.33 bits per heavy atom. The second-order valence-corrected chi connectivity index (χ2v) is 5.06. The van der Waals surface area contributed by atoms with Crippen molar-refractivity contribution in [1.29, 1.82) is 0 Å². The molecular weight excluding hydrogens is 216 g/mol. The van der Waals surface area contributed by atoms with Gasteiger partial charge in [-0.15, -0.1) is 0 Å². The molecule has 1 aliphatic rings. The smallest absolute Gasteiger partial charge is 0.0178 e. The molecule has 0 radical (unpaired) electrons. The van der Waals surface area contributed by atoms with E-state index in [1.807, 2.05) is 0 Å². The standard InChI is InChI=1S/C18H18/c1-14-12-13-17(15-8-4-2-5-9-15)18(14)16-10-6-3-7-11-16/h2-11,14H,12-13H2,1H3. The Kier molecular flexibility index (Phi) is 3.02. The zero-order chi connectivity index (χ0) is 12.4. The first kappa shape index (κ1) is 11.3. The topological polar surface area (TPSA) is 0 Å². The van der Waals surface area contributed by atoms with Crippen molar-refractivity contribution in [2.75, 3.05) is 0 Å². The molecule has 0 nitrogen and oxygen atoms in total. The first-order valence-electron chi connectivity index (χ1n) is 6.70. The summed E-state index contributed by atoms with van der Waals surface area (Å²) in [6.45, 7) is 2.35. The highest BCUT2D eigenvalue weighted by molar-refractivity contribution is 5.93. The molecular formula is C18H18. The fraction of sp³-hybridized carbons (Fsp3) is 0.222. The van der Waals surface area contributed by atoms with Gasteiger partial charge in [-0.3, -0.25) is 0 Å². The van der Waals surface area contributed by atoms with Gasteiger partial charge in [-0.1, -0.05) is 67.6 Å². The monoisotopic (exact) mass is 234 g/mol. The first-order valence-corrected chi connectivity index (χ1v) is 6.70.